The van der Waals surface area contributed by atoms with Crippen molar-refractivity contribution in [2.45, 2.75) is 18.9 Å². The minimum absolute atomic E-state index is 0.00836. The highest BCUT2D eigenvalue weighted by molar-refractivity contribution is 5.95. The van der Waals surface area contributed by atoms with Gasteiger partial charge in [-0.15, -0.1) is 0 Å². The molecule has 1 saturated heterocycles. The maximum Gasteiger partial charge on any atom is 0.293 e. The number of nitrogens with zero attached hydrogens (tertiary/aromatic N) is 4. The van der Waals surface area contributed by atoms with Crippen molar-refractivity contribution in [2.75, 3.05) is 18.0 Å². The monoisotopic (exact) mass is 351 g/mol. The minimum atomic E-state index is -0.113. The van der Waals surface area contributed by atoms with Crippen LogP contribution < -0.4 is 15.8 Å². The van der Waals surface area contributed by atoms with Crippen LogP contribution in [0.4, 0.5) is 5.82 Å². The summed E-state index contributed by atoms with van der Waals surface area (Å²) in [6.45, 7) is 1.36. The van der Waals surface area contributed by atoms with Crippen molar-refractivity contribution in [3.8, 4) is 0 Å². The Hall–Kier alpha value is -3.09. The summed E-state index contributed by atoms with van der Waals surface area (Å²) in [6.07, 6.45) is 8.83. The number of hydrogen-bond acceptors (Lipinski definition) is 4. The van der Waals surface area contributed by atoms with E-state index in [9.17, 15) is 9.59 Å². The molecule has 1 aliphatic rings. The number of aromatic nitrogens is 3. The predicted molar refractivity (Wildman–Crippen MR) is 99.6 cm³/mol. The molecule has 1 N–H and O–H groups in total. The van der Waals surface area contributed by atoms with Crippen LogP contribution in [0.2, 0.25) is 0 Å². The molecular weight excluding hydrogens is 330 g/mol. The summed E-state index contributed by atoms with van der Waals surface area (Å²) in [5, 5.41) is 3.10. The summed E-state index contributed by atoms with van der Waals surface area (Å²) in [6, 6.07) is 7.72. The molecule has 7 nitrogen and oxygen atoms in total. The van der Waals surface area contributed by atoms with Gasteiger partial charge < -0.3 is 19.2 Å². The maximum atomic E-state index is 12.6. The molecule has 1 aliphatic heterocycles. The van der Waals surface area contributed by atoms with Crippen molar-refractivity contribution in [1.82, 2.24) is 19.3 Å². The molecule has 1 amide bonds. The van der Waals surface area contributed by atoms with E-state index < -0.39 is 0 Å². The lowest BCUT2D eigenvalue weighted by molar-refractivity contribution is 0.0933. The van der Waals surface area contributed by atoms with Crippen LogP contribution >= 0.6 is 0 Å². The van der Waals surface area contributed by atoms with Crippen molar-refractivity contribution >= 4 is 17.2 Å². The van der Waals surface area contributed by atoms with Crippen LogP contribution in [0.25, 0.3) is 5.52 Å². The first-order valence-electron chi connectivity index (χ1n) is 8.76. The summed E-state index contributed by atoms with van der Waals surface area (Å²) in [4.78, 5) is 31.1. The van der Waals surface area contributed by atoms with Gasteiger partial charge in [-0.25, -0.2) is 4.98 Å². The third-order valence-electron chi connectivity index (χ3n) is 4.82. The fraction of sp³-hybridized carbons (Fsp3) is 0.316. The summed E-state index contributed by atoms with van der Waals surface area (Å²) in [7, 11) is 1.72. The number of fused-ring (bicyclic) bond motifs is 1. The fourth-order valence-corrected chi connectivity index (χ4v) is 3.44. The molecule has 0 aliphatic carbocycles. The summed E-state index contributed by atoms with van der Waals surface area (Å²) < 4.78 is 3.46. The molecule has 0 bridgehead atoms. The molecule has 0 saturated carbocycles. The van der Waals surface area contributed by atoms with Crippen molar-refractivity contribution in [2.24, 2.45) is 7.05 Å². The van der Waals surface area contributed by atoms with Gasteiger partial charge in [-0.3, -0.25) is 9.59 Å². The number of aryl methyl sites for hydroxylation is 1. The van der Waals surface area contributed by atoms with E-state index in [0.29, 0.717) is 17.9 Å². The summed E-state index contributed by atoms with van der Waals surface area (Å²) in [5.41, 5.74) is 1.51. The highest BCUT2D eigenvalue weighted by Gasteiger charge is 2.24. The lowest BCUT2D eigenvalue weighted by atomic mass is 10.1. The van der Waals surface area contributed by atoms with Crippen LogP contribution in [0.1, 0.15) is 23.2 Å². The van der Waals surface area contributed by atoms with E-state index in [1.165, 1.54) is 4.57 Å². The van der Waals surface area contributed by atoms with Crippen LogP contribution in [-0.2, 0) is 7.05 Å². The molecule has 3 aromatic heterocycles. The Labute approximate surface area is 150 Å². The molecule has 0 radical (unpaired) electrons. The highest BCUT2D eigenvalue weighted by atomic mass is 16.2. The van der Waals surface area contributed by atoms with E-state index in [1.807, 2.05) is 46.0 Å². The van der Waals surface area contributed by atoms with Gasteiger partial charge in [0.25, 0.3) is 11.5 Å². The summed E-state index contributed by atoms with van der Waals surface area (Å²) >= 11 is 0. The van der Waals surface area contributed by atoms with Crippen molar-refractivity contribution in [3.05, 3.63) is 65.0 Å². The molecule has 0 spiro atoms. The van der Waals surface area contributed by atoms with E-state index in [2.05, 4.69) is 10.3 Å². The van der Waals surface area contributed by atoms with E-state index in [-0.39, 0.29) is 17.5 Å². The second-order valence-electron chi connectivity index (χ2n) is 6.69. The Morgan fingerprint density at radius 1 is 1.31 bits per heavy atom. The molecule has 1 unspecified atom stereocenters. The second-order valence-corrected chi connectivity index (χ2v) is 6.69. The van der Waals surface area contributed by atoms with E-state index in [4.69, 9.17) is 0 Å². The number of hydrogen-bond donors (Lipinski definition) is 1. The normalized spacial score (nSPS) is 17.4. The Morgan fingerprint density at radius 3 is 3.04 bits per heavy atom. The Balaban J connectivity index is 1.48. The van der Waals surface area contributed by atoms with Crippen LogP contribution in [0.3, 0.4) is 0 Å². The van der Waals surface area contributed by atoms with Crippen LogP contribution in [0.5, 0.6) is 0 Å². The molecule has 7 heteroatoms. The summed E-state index contributed by atoms with van der Waals surface area (Å²) in [5.74, 6) is 0.359. The first-order valence-corrected chi connectivity index (χ1v) is 8.76. The number of amides is 1. The first-order chi connectivity index (χ1) is 12.6. The van der Waals surface area contributed by atoms with Crippen LogP contribution in [0, 0.1) is 0 Å². The van der Waals surface area contributed by atoms with Gasteiger partial charge in [-0.2, -0.15) is 0 Å². The molecule has 134 valence electrons. The van der Waals surface area contributed by atoms with Gasteiger partial charge in [0.1, 0.15) is 0 Å². The number of carbonyl (C=O) groups is 1. The third-order valence-corrected chi connectivity index (χ3v) is 4.82. The molecule has 0 aromatic carbocycles. The van der Waals surface area contributed by atoms with Crippen LogP contribution in [-0.4, -0.2) is 39.0 Å². The number of pyridine rings is 1. The smallest absolute Gasteiger partial charge is 0.293 e. The Morgan fingerprint density at radius 2 is 2.19 bits per heavy atom. The molecule has 26 heavy (non-hydrogen) atoms. The molecule has 4 heterocycles. The van der Waals surface area contributed by atoms with Gasteiger partial charge in [0.15, 0.2) is 5.82 Å². The zero-order valence-electron chi connectivity index (χ0n) is 14.6. The number of piperidine rings is 1. The fourth-order valence-electron chi connectivity index (χ4n) is 3.44. The number of rotatable bonds is 3. The van der Waals surface area contributed by atoms with Gasteiger partial charge in [-0.1, -0.05) is 6.07 Å². The van der Waals surface area contributed by atoms with E-state index in [1.54, 1.807) is 19.4 Å². The van der Waals surface area contributed by atoms with E-state index in [0.717, 1.165) is 24.9 Å². The molecule has 1 fully saturated rings. The van der Waals surface area contributed by atoms with Gasteiger partial charge in [0.2, 0.25) is 0 Å². The molecule has 1 atom stereocenters. The topological polar surface area (TPSA) is 71.6 Å². The highest BCUT2D eigenvalue weighted by Crippen LogP contribution is 2.16. The Bertz CT molecular complexity index is 973. The average Bonchev–Trinajstić information content (AvgIpc) is 3.09. The molecular formula is C19H21N5O2. The predicted octanol–water partition coefficient (Wildman–Crippen LogP) is 1.43. The lowest BCUT2D eigenvalue weighted by Crippen LogP contribution is -2.49. The average molecular weight is 351 g/mol. The van der Waals surface area contributed by atoms with Crippen molar-refractivity contribution in [3.63, 3.8) is 0 Å². The number of nitrogens with one attached hydrogen (secondary N) is 1. The van der Waals surface area contributed by atoms with Gasteiger partial charge >= 0.3 is 0 Å². The molecule has 3 aromatic rings. The second kappa shape index (κ2) is 6.67. The van der Waals surface area contributed by atoms with Gasteiger partial charge in [-0.05, 0) is 31.0 Å². The number of anilines is 1. The largest absolute Gasteiger partial charge is 0.350 e. The quantitative estimate of drug-likeness (QED) is 0.775. The van der Waals surface area contributed by atoms with Crippen molar-refractivity contribution in [1.29, 1.82) is 0 Å². The zero-order valence-corrected chi connectivity index (χ0v) is 14.6. The number of carbonyl (C=O) groups excluding carboxylic acids is 1. The zero-order chi connectivity index (χ0) is 18.1. The van der Waals surface area contributed by atoms with Crippen LogP contribution in [0.15, 0.2) is 53.8 Å². The maximum absolute atomic E-state index is 12.6. The van der Waals surface area contributed by atoms with Gasteiger partial charge in [0.05, 0.1) is 5.56 Å². The van der Waals surface area contributed by atoms with Crippen molar-refractivity contribution < 1.29 is 4.79 Å². The Kier molecular flexibility index (Phi) is 4.20. The minimum Gasteiger partial charge on any atom is -0.350 e. The molecule has 4 rings (SSSR count). The first kappa shape index (κ1) is 16.4. The SMILES string of the molecule is Cn1ccnc(N2CCCC(NC(=O)c3cc4ccccn4c3)C2)c1=O. The lowest BCUT2D eigenvalue weighted by Gasteiger charge is -2.33. The third kappa shape index (κ3) is 3.08. The standard InChI is InChI=1S/C19H21N5O2/c1-22-10-7-20-17(19(22)26)24-9-4-5-15(13-24)21-18(25)14-11-16-6-2-3-8-23(16)12-14/h2-3,6-8,10-12,15H,4-5,9,13H2,1H3,(H,21,25). The van der Waals surface area contributed by atoms with E-state index >= 15 is 0 Å². The van der Waals surface area contributed by atoms with Gasteiger partial charge in [0, 0.05) is 56.5 Å².